The minimum absolute atomic E-state index is 0.301. The molecule has 0 aliphatic heterocycles. The summed E-state index contributed by atoms with van der Waals surface area (Å²) in [6.45, 7) is 1.73. The van der Waals surface area contributed by atoms with E-state index in [1.807, 2.05) is 24.3 Å². The van der Waals surface area contributed by atoms with E-state index in [2.05, 4.69) is 0 Å². The number of halogens is 2. The fraction of sp³-hybridized carbons (Fsp3) is 0.250. The van der Waals surface area contributed by atoms with Gasteiger partial charge in [-0.2, -0.15) is 0 Å². The Kier molecular flexibility index (Phi) is 4.04. The Bertz CT molecular complexity index is 594. The summed E-state index contributed by atoms with van der Waals surface area (Å²) < 4.78 is 31.9. The first-order chi connectivity index (χ1) is 9.42. The maximum atomic E-state index is 13.8. The molecule has 2 aromatic carbocycles. The number of methoxy groups -OCH3 is 1. The van der Waals surface area contributed by atoms with Crippen LogP contribution < -0.4 is 10.5 Å². The molecule has 1 atom stereocenters. The first kappa shape index (κ1) is 14.5. The summed E-state index contributed by atoms with van der Waals surface area (Å²) in [5, 5.41) is 0. The second-order valence-electron chi connectivity index (χ2n) is 5.07. The van der Waals surface area contributed by atoms with Crippen molar-refractivity contribution in [2.45, 2.75) is 18.9 Å². The molecule has 0 bridgehead atoms. The summed E-state index contributed by atoms with van der Waals surface area (Å²) in [6, 6.07) is 10.9. The van der Waals surface area contributed by atoms with Crippen molar-refractivity contribution in [2.24, 2.45) is 5.73 Å². The highest BCUT2D eigenvalue weighted by atomic mass is 19.1. The Balaban J connectivity index is 2.25. The molecule has 2 nitrogen and oxygen atoms in total. The normalized spacial score (nSPS) is 13.8. The van der Waals surface area contributed by atoms with Gasteiger partial charge in [0.25, 0.3) is 0 Å². The minimum Gasteiger partial charge on any atom is -0.497 e. The summed E-state index contributed by atoms with van der Waals surface area (Å²) in [5.74, 6) is -0.476. The first-order valence-electron chi connectivity index (χ1n) is 6.30. The van der Waals surface area contributed by atoms with Crippen molar-refractivity contribution in [2.75, 3.05) is 7.11 Å². The summed E-state index contributed by atoms with van der Waals surface area (Å²) in [6.07, 6.45) is 0.444. The van der Waals surface area contributed by atoms with Crippen LogP contribution in [0.3, 0.4) is 0 Å². The van der Waals surface area contributed by atoms with E-state index in [1.54, 1.807) is 14.0 Å². The summed E-state index contributed by atoms with van der Waals surface area (Å²) in [7, 11) is 1.59. The zero-order valence-corrected chi connectivity index (χ0v) is 11.5. The molecule has 0 amide bonds. The minimum atomic E-state index is -0.910. The quantitative estimate of drug-likeness (QED) is 0.929. The van der Waals surface area contributed by atoms with Crippen LogP contribution in [0.15, 0.2) is 42.5 Å². The van der Waals surface area contributed by atoms with Gasteiger partial charge in [-0.3, -0.25) is 0 Å². The molecular weight excluding hydrogens is 260 g/mol. The standard InChI is InChI=1S/C16H17F2NO/c1-16(19,14-8-5-12(17)9-15(14)18)10-11-3-6-13(20-2)7-4-11/h3-9H,10,19H2,1-2H3. The Morgan fingerprint density at radius 1 is 1.10 bits per heavy atom. The molecule has 20 heavy (non-hydrogen) atoms. The molecule has 0 saturated carbocycles. The molecule has 0 saturated heterocycles. The van der Waals surface area contributed by atoms with Crippen LogP contribution in [0.25, 0.3) is 0 Å². The maximum absolute atomic E-state index is 13.8. The zero-order valence-electron chi connectivity index (χ0n) is 11.5. The van der Waals surface area contributed by atoms with E-state index >= 15 is 0 Å². The molecule has 1 unspecified atom stereocenters. The number of ether oxygens (including phenoxy) is 1. The summed E-state index contributed by atoms with van der Waals surface area (Å²) >= 11 is 0. The smallest absolute Gasteiger partial charge is 0.131 e. The van der Waals surface area contributed by atoms with E-state index in [1.165, 1.54) is 12.1 Å². The van der Waals surface area contributed by atoms with Gasteiger partial charge in [-0.25, -0.2) is 8.78 Å². The number of benzene rings is 2. The number of rotatable bonds is 4. The third-order valence-electron chi connectivity index (χ3n) is 3.28. The highest BCUT2D eigenvalue weighted by Gasteiger charge is 2.25. The van der Waals surface area contributed by atoms with Gasteiger partial charge >= 0.3 is 0 Å². The van der Waals surface area contributed by atoms with Crippen LogP contribution in [0.5, 0.6) is 5.75 Å². The Morgan fingerprint density at radius 3 is 2.30 bits per heavy atom. The van der Waals surface area contributed by atoms with Gasteiger partial charge in [-0.05, 0) is 37.1 Å². The topological polar surface area (TPSA) is 35.2 Å². The van der Waals surface area contributed by atoms with Crippen molar-refractivity contribution in [3.63, 3.8) is 0 Å². The molecule has 0 aromatic heterocycles. The lowest BCUT2D eigenvalue weighted by atomic mass is 9.86. The van der Waals surface area contributed by atoms with Crippen molar-refractivity contribution in [3.8, 4) is 5.75 Å². The third kappa shape index (κ3) is 3.14. The van der Waals surface area contributed by atoms with Gasteiger partial charge in [0.1, 0.15) is 17.4 Å². The molecule has 2 aromatic rings. The van der Waals surface area contributed by atoms with Crippen LogP contribution in [0, 0.1) is 11.6 Å². The van der Waals surface area contributed by atoms with Gasteiger partial charge < -0.3 is 10.5 Å². The molecule has 2 N–H and O–H groups in total. The van der Waals surface area contributed by atoms with Crippen LogP contribution >= 0.6 is 0 Å². The molecule has 2 rings (SSSR count). The predicted molar refractivity (Wildman–Crippen MR) is 74.6 cm³/mol. The van der Waals surface area contributed by atoms with Crippen molar-refractivity contribution in [3.05, 3.63) is 65.2 Å². The van der Waals surface area contributed by atoms with Gasteiger partial charge in [-0.1, -0.05) is 18.2 Å². The van der Waals surface area contributed by atoms with Gasteiger partial charge in [0, 0.05) is 17.2 Å². The summed E-state index contributed by atoms with van der Waals surface area (Å²) in [5.41, 5.74) is 6.55. The molecule has 4 heteroatoms. The molecule has 0 heterocycles. The zero-order chi connectivity index (χ0) is 14.8. The van der Waals surface area contributed by atoms with Crippen molar-refractivity contribution >= 4 is 0 Å². The van der Waals surface area contributed by atoms with Crippen LogP contribution in [0.1, 0.15) is 18.1 Å². The van der Waals surface area contributed by atoms with Gasteiger partial charge in [0.15, 0.2) is 0 Å². The Morgan fingerprint density at radius 2 is 1.75 bits per heavy atom. The van der Waals surface area contributed by atoms with Crippen LogP contribution in [0.2, 0.25) is 0 Å². The largest absolute Gasteiger partial charge is 0.497 e. The molecule has 0 spiro atoms. The van der Waals surface area contributed by atoms with Crippen molar-refractivity contribution in [1.29, 1.82) is 0 Å². The summed E-state index contributed by atoms with van der Waals surface area (Å²) in [4.78, 5) is 0. The van der Waals surface area contributed by atoms with Gasteiger partial charge in [-0.15, -0.1) is 0 Å². The van der Waals surface area contributed by atoms with Crippen LogP contribution in [0.4, 0.5) is 8.78 Å². The number of hydrogen-bond acceptors (Lipinski definition) is 2. The molecule has 106 valence electrons. The molecule has 0 aliphatic rings. The molecule has 0 fully saturated rings. The van der Waals surface area contributed by atoms with E-state index in [4.69, 9.17) is 10.5 Å². The van der Waals surface area contributed by atoms with Crippen LogP contribution in [-0.4, -0.2) is 7.11 Å². The highest BCUT2D eigenvalue weighted by Crippen LogP contribution is 2.26. The fourth-order valence-corrected chi connectivity index (χ4v) is 2.22. The lowest BCUT2D eigenvalue weighted by molar-refractivity contribution is 0.414. The lowest BCUT2D eigenvalue weighted by Crippen LogP contribution is -2.36. The van der Waals surface area contributed by atoms with Crippen molar-refractivity contribution < 1.29 is 13.5 Å². The first-order valence-corrected chi connectivity index (χ1v) is 6.30. The lowest BCUT2D eigenvalue weighted by Gasteiger charge is -2.26. The molecule has 0 radical (unpaired) electrons. The van der Waals surface area contributed by atoms with E-state index in [-0.39, 0.29) is 0 Å². The average Bonchev–Trinajstić information content (AvgIpc) is 2.38. The monoisotopic (exact) mass is 277 g/mol. The number of nitrogens with two attached hydrogens (primary N) is 1. The average molecular weight is 277 g/mol. The second kappa shape index (κ2) is 5.59. The van der Waals surface area contributed by atoms with Crippen molar-refractivity contribution in [1.82, 2.24) is 0 Å². The second-order valence-corrected chi connectivity index (χ2v) is 5.07. The van der Waals surface area contributed by atoms with E-state index in [9.17, 15) is 8.78 Å². The van der Waals surface area contributed by atoms with E-state index < -0.39 is 17.2 Å². The molecule has 0 aliphatic carbocycles. The SMILES string of the molecule is COc1ccc(CC(C)(N)c2ccc(F)cc2F)cc1. The van der Waals surface area contributed by atoms with E-state index in [0.717, 1.165) is 17.4 Å². The third-order valence-corrected chi connectivity index (χ3v) is 3.28. The van der Waals surface area contributed by atoms with Gasteiger partial charge in [0.2, 0.25) is 0 Å². The van der Waals surface area contributed by atoms with Crippen LogP contribution in [-0.2, 0) is 12.0 Å². The maximum Gasteiger partial charge on any atom is 0.131 e. The molecular formula is C16H17F2NO. The predicted octanol–water partition coefficient (Wildman–Crippen LogP) is 3.39. The van der Waals surface area contributed by atoms with Gasteiger partial charge in [0.05, 0.1) is 7.11 Å². The Labute approximate surface area is 117 Å². The number of hydrogen-bond donors (Lipinski definition) is 1. The highest BCUT2D eigenvalue weighted by molar-refractivity contribution is 5.32. The fourth-order valence-electron chi connectivity index (χ4n) is 2.22. The van der Waals surface area contributed by atoms with E-state index in [0.29, 0.717) is 12.0 Å². The Hall–Kier alpha value is -1.94.